The summed E-state index contributed by atoms with van der Waals surface area (Å²) in [4.78, 5) is 40.3. The number of nitrogens with zero attached hydrogens (tertiary/aromatic N) is 6. The molecule has 1 aliphatic carbocycles. The topological polar surface area (TPSA) is 154 Å². The van der Waals surface area contributed by atoms with E-state index in [9.17, 15) is 14.9 Å². The van der Waals surface area contributed by atoms with Crippen LogP contribution < -0.4 is 19.5 Å². The molecule has 1 N–H and O–H groups in total. The predicted molar refractivity (Wildman–Crippen MR) is 218 cm³/mol. The van der Waals surface area contributed by atoms with Crippen molar-refractivity contribution in [1.82, 2.24) is 29.7 Å². The predicted octanol–water partition coefficient (Wildman–Crippen LogP) is 6.24. The molecule has 6 heterocycles. The average molecular weight is 786 g/mol. The number of benzene rings is 2. The SMILES string of the molecule is C=C1CCC(N2Cc3cc(OCCOCC#Cc4ccc(OC5CC(Oc6ccc(-c7ccc8c9cnccc9n(C)c8c7)cn6)C5)c(C#N)n4)ccc3C2=O)C(=O)N1. The zero-order valence-electron chi connectivity index (χ0n) is 32.3. The molecule has 13 heteroatoms. The molecular formula is C46H39N7O6. The Morgan fingerprint density at radius 3 is 2.63 bits per heavy atom. The number of nitrogens with one attached hydrogen (secondary N) is 1. The van der Waals surface area contributed by atoms with E-state index in [1.807, 2.05) is 42.9 Å². The van der Waals surface area contributed by atoms with Gasteiger partial charge in [0.2, 0.25) is 11.8 Å². The van der Waals surface area contributed by atoms with E-state index < -0.39 is 6.04 Å². The second-order valence-electron chi connectivity index (χ2n) is 14.8. The van der Waals surface area contributed by atoms with Crippen LogP contribution in [0.15, 0.2) is 97.6 Å². The fraction of sp³-hybridized carbons (Fsp3) is 0.261. The van der Waals surface area contributed by atoms with E-state index in [-0.39, 0.29) is 42.9 Å². The first kappa shape index (κ1) is 37.4. The summed E-state index contributed by atoms with van der Waals surface area (Å²) in [5, 5.41) is 14.8. The van der Waals surface area contributed by atoms with Gasteiger partial charge in [0.05, 0.1) is 12.1 Å². The molecule has 2 amide bonds. The van der Waals surface area contributed by atoms with E-state index in [2.05, 4.69) is 74.6 Å². The van der Waals surface area contributed by atoms with Gasteiger partial charge in [0.25, 0.3) is 5.91 Å². The number of rotatable bonds is 11. The monoisotopic (exact) mass is 785 g/mol. The molecular weight excluding hydrogens is 747 g/mol. The van der Waals surface area contributed by atoms with Gasteiger partial charge in [0.15, 0.2) is 11.4 Å². The Morgan fingerprint density at radius 1 is 0.932 bits per heavy atom. The van der Waals surface area contributed by atoms with Gasteiger partial charge in [-0.05, 0) is 78.4 Å². The minimum Gasteiger partial charge on any atom is -0.491 e. The van der Waals surface area contributed by atoms with Crippen molar-refractivity contribution < 1.29 is 28.5 Å². The van der Waals surface area contributed by atoms with Crippen LogP contribution in [0.1, 0.15) is 53.0 Å². The minimum atomic E-state index is -0.507. The van der Waals surface area contributed by atoms with Crippen molar-refractivity contribution in [3.63, 3.8) is 0 Å². The summed E-state index contributed by atoms with van der Waals surface area (Å²) >= 11 is 0. The molecule has 294 valence electrons. The molecule has 0 spiro atoms. The third kappa shape index (κ3) is 7.64. The largest absolute Gasteiger partial charge is 0.491 e. The van der Waals surface area contributed by atoms with Gasteiger partial charge in [-0.15, -0.1) is 0 Å². The summed E-state index contributed by atoms with van der Waals surface area (Å²) in [5.41, 5.74) is 7.04. The molecule has 0 bridgehead atoms. The zero-order valence-corrected chi connectivity index (χ0v) is 32.3. The molecule has 0 radical (unpaired) electrons. The Balaban J connectivity index is 0.704. The van der Waals surface area contributed by atoms with Gasteiger partial charge in [-0.3, -0.25) is 14.6 Å². The van der Waals surface area contributed by atoms with E-state index in [4.69, 9.17) is 18.9 Å². The number of fused-ring (bicyclic) bond motifs is 4. The Morgan fingerprint density at radius 2 is 1.80 bits per heavy atom. The van der Waals surface area contributed by atoms with Crippen LogP contribution in [-0.2, 0) is 23.1 Å². The smallest absolute Gasteiger partial charge is 0.255 e. The average Bonchev–Trinajstić information content (AvgIpc) is 3.72. The van der Waals surface area contributed by atoms with Crippen LogP contribution in [0.3, 0.4) is 0 Å². The summed E-state index contributed by atoms with van der Waals surface area (Å²) in [7, 11) is 2.07. The van der Waals surface area contributed by atoms with Crippen molar-refractivity contribution in [2.24, 2.45) is 7.05 Å². The Hall–Kier alpha value is -7.22. The van der Waals surface area contributed by atoms with Gasteiger partial charge in [-0.2, -0.15) is 5.26 Å². The molecule has 2 fully saturated rings. The molecule has 1 unspecified atom stereocenters. The number of amides is 2. The number of pyridine rings is 3. The number of carbonyl (C=O) groups is 2. The highest BCUT2D eigenvalue weighted by molar-refractivity contribution is 6.08. The van der Waals surface area contributed by atoms with Gasteiger partial charge in [-0.25, -0.2) is 9.97 Å². The molecule has 4 aromatic heterocycles. The van der Waals surface area contributed by atoms with Gasteiger partial charge in [-0.1, -0.05) is 24.6 Å². The fourth-order valence-corrected chi connectivity index (χ4v) is 7.79. The fourth-order valence-electron chi connectivity index (χ4n) is 7.79. The van der Waals surface area contributed by atoms with E-state index in [0.29, 0.717) is 73.2 Å². The van der Waals surface area contributed by atoms with Crippen molar-refractivity contribution in [2.75, 3.05) is 19.8 Å². The highest BCUT2D eigenvalue weighted by Crippen LogP contribution is 2.34. The third-order valence-electron chi connectivity index (χ3n) is 11.0. The molecule has 13 nitrogen and oxygen atoms in total. The molecule has 2 aromatic carbocycles. The maximum atomic E-state index is 13.0. The van der Waals surface area contributed by atoms with E-state index in [1.165, 1.54) is 5.39 Å². The summed E-state index contributed by atoms with van der Waals surface area (Å²) < 4.78 is 25.9. The Bertz CT molecular complexity index is 2740. The minimum absolute atomic E-state index is 0.0445. The number of carbonyl (C=O) groups excluding carboxylic acids is 2. The lowest BCUT2D eigenvalue weighted by Crippen LogP contribution is -2.49. The van der Waals surface area contributed by atoms with Gasteiger partial charge in [0.1, 0.15) is 49.0 Å². The summed E-state index contributed by atoms with van der Waals surface area (Å²) in [6, 6.07) is 22.7. The third-order valence-corrected chi connectivity index (χ3v) is 11.0. The molecule has 59 heavy (non-hydrogen) atoms. The number of nitriles is 1. The van der Waals surface area contributed by atoms with Crippen LogP contribution in [0.5, 0.6) is 17.4 Å². The van der Waals surface area contributed by atoms with Crippen LogP contribution in [0.25, 0.3) is 32.9 Å². The molecule has 2 aliphatic heterocycles. The maximum absolute atomic E-state index is 13.0. The number of hydrogen-bond acceptors (Lipinski definition) is 10. The van der Waals surface area contributed by atoms with Crippen LogP contribution in [0.2, 0.25) is 0 Å². The lowest BCUT2D eigenvalue weighted by molar-refractivity contribution is -0.126. The second-order valence-corrected chi connectivity index (χ2v) is 14.8. The van der Waals surface area contributed by atoms with Crippen LogP contribution in [0.4, 0.5) is 0 Å². The molecule has 6 aromatic rings. The lowest BCUT2D eigenvalue weighted by Gasteiger charge is -2.35. The highest BCUT2D eigenvalue weighted by Gasteiger charge is 2.38. The van der Waals surface area contributed by atoms with Crippen molar-refractivity contribution in [3.8, 4) is 46.4 Å². The van der Waals surface area contributed by atoms with Gasteiger partial charge >= 0.3 is 0 Å². The van der Waals surface area contributed by atoms with Crippen LogP contribution in [-0.4, -0.2) is 74.3 Å². The van der Waals surface area contributed by atoms with Gasteiger partial charge in [0, 0.05) is 84.2 Å². The normalized spacial score (nSPS) is 18.4. The van der Waals surface area contributed by atoms with Crippen LogP contribution in [0, 0.1) is 23.2 Å². The first-order valence-corrected chi connectivity index (χ1v) is 19.5. The zero-order chi connectivity index (χ0) is 40.5. The van der Waals surface area contributed by atoms with Crippen LogP contribution >= 0.6 is 0 Å². The summed E-state index contributed by atoms with van der Waals surface area (Å²) in [6.07, 6.45) is 7.92. The first-order valence-electron chi connectivity index (χ1n) is 19.5. The summed E-state index contributed by atoms with van der Waals surface area (Å²) in [5.74, 6) is 7.09. The number of allylic oxidation sites excluding steroid dienone is 1. The van der Waals surface area contributed by atoms with E-state index in [1.54, 1.807) is 29.2 Å². The maximum Gasteiger partial charge on any atom is 0.255 e. The van der Waals surface area contributed by atoms with Crippen molar-refractivity contribution in [3.05, 3.63) is 120 Å². The standard InChI is InChI=1S/C46H39N7O6/c1-28-5-12-41(45(54)50-28)53-27-31-20-33(9-11-36(31)46(53)55)57-19-18-56-17-3-4-32-8-13-43(39(24-47)51-32)58-34-22-35(23-34)59-44-14-7-30(25-49-44)29-6-10-37-38-26-48-16-15-40(38)52(2)42(37)21-29/h6-11,13-16,20-21,25-26,34-35,41H,1,5,12,17-19,22-23,27H2,2H3,(H,50,54). The first-order chi connectivity index (χ1) is 28.8. The van der Waals surface area contributed by atoms with Crippen molar-refractivity contribution in [1.29, 1.82) is 5.26 Å². The number of hydrogen-bond donors (Lipinski definition) is 1. The number of aromatic nitrogens is 4. The number of ether oxygens (including phenoxy) is 4. The molecule has 9 rings (SSSR count). The molecule has 3 aliphatic rings. The lowest BCUT2D eigenvalue weighted by atomic mass is 9.92. The van der Waals surface area contributed by atoms with E-state index >= 15 is 0 Å². The Labute approximate surface area is 340 Å². The number of aryl methyl sites for hydroxylation is 1. The molecule has 1 atom stereocenters. The Kier molecular flexibility index (Phi) is 10.1. The van der Waals surface area contributed by atoms with Crippen molar-refractivity contribution >= 4 is 33.6 Å². The summed E-state index contributed by atoms with van der Waals surface area (Å²) in [6.45, 7) is 4.89. The number of piperidine rings is 1. The quantitative estimate of drug-likeness (QED) is 0.118. The van der Waals surface area contributed by atoms with Crippen molar-refractivity contribution in [2.45, 2.75) is 50.5 Å². The molecule has 1 saturated carbocycles. The van der Waals surface area contributed by atoms with E-state index in [0.717, 1.165) is 33.1 Å². The molecule has 1 saturated heterocycles. The van der Waals surface area contributed by atoms with Gasteiger partial charge < -0.3 is 33.7 Å². The highest BCUT2D eigenvalue weighted by atomic mass is 16.5. The second kappa shape index (κ2) is 16.0.